The molecule has 24 heavy (non-hydrogen) atoms. The molecule has 0 aromatic heterocycles. The average Bonchev–Trinajstić information content (AvgIpc) is 2.53. The van der Waals surface area contributed by atoms with E-state index in [9.17, 15) is 13.2 Å². The minimum atomic E-state index is -3.67. The van der Waals surface area contributed by atoms with Crippen LogP contribution >= 0.6 is 11.6 Å². The standard InChI is InChI=1S/C16H21ClN2O4S/c1-23-13-5-6-15(14(17)11-13)24(21,22)19-9-7-18(8-10-19)16(20)12-3-2-4-12/h5-6,11-12H,2-4,7-10H2,1H3. The Morgan fingerprint density at radius 2 is 1.88 bits per heavy atom. The fourth-order valence-electron chi connectivity index (χ4n) is 3.02. The van der Waals surface area contributed by atoms with Crippen molar-refractivity contribution in [3.63, 3.8) is 0 Å². The molecule has 0 atom stereocenters. The van der Waals surface area contributed by atoms with Crippen LogP contribution in [0.3, 0.4) is 0 Å². The second-order valence-corrected chi connectivity index (χ2v) is 8.47. The number of nitrogens with zero attached hydrogens (tertiary/aromatic N) is 2. The molecule has 1 saturated carbocycles. The zero-order chi connectivity index (χ0) is 17.3. The monoisotopic (exact) mass is 372 g/mol. The number of carbonyl (C=O) groups excluding carboxylic acids is 1. The van der Waals surface area contributed by atoms with Crippen LogP contribution < -0.4 is 4.74 Å². The van der Waals surface area contributed by atoms with Crippen molar-refractivity contribution in [2.45, 2.75) is 24.2 Å². The number of hydrogen-bond donors (Lipinski definition) is 0. The van der Waals surface area contributed by atoms with Gasteiger partial charge in [-0.15, -0.1) is 0 Å². The van der Waals surface area contributed by atoms with E-state index in [0.717, 1.165) is 19.3 Å². The van der Waals surface area contributed by atoms with E-state index in [0.29, 0.717) is 31.9 Å². The van der Waals surface area contributed by atoms with E-state index in [2.05, 4.69) is 0 Å². The van der Waals surface area contributed by atoms with Gasteiger partial charge in [0.2, 0.25) is 15.9 Å². The molecule has 1 aliphatic carbocycles. The smallest absolute Gasteiger partial charge is 0.244 e. The van der Waals surface area contributed by atoms with Gasteiger partial charge < -0.3 is 9.64 Å². The summed E-state index contributed by atoms with van der Waals surface area (Å²) in [6, 6.07) is 4.53. The molecule has 132 valence electrons. The third-order valence-electron chi connectivity index (χ3n) is 4.76. The summed E-state index contributed by atoms with van der Waals surface area (Å²) in [5, 5.41) is 0.141. The summed E-state index contributed by atoms with van der Waals surface area (Å²) in [6.45, 7) is 1.46. The van der Waals surface area contributed by atoms with E-state index in [1.165, 1.54) is 23.5 Å². The van der Waals surface area contributed by atoms with E-state index in [4.69, 9.17) is 16.3 Å². The van der Waals surface area contributed by atoms with Crippen molar-refractivity contribution in [1.29, 1.82) is 0 Å². The first kappa shape index (κ1) is 17.5. The maximum atomic E-state index is 12.8. The maximum Gasteiger partial charge on any atom is 0.244 e. The molecular formula is C16H21ClN2O4S. The van der Waals surface area contributed by atoms with Crippen LogP contribution in [-0.2, 0) is 14.8 Å². The molecular weight excluding hydrogens is 352 g/mol. The number of sulfonamides is 1. The van der Waals surface area contributed by atoms with Crippen molar-refractivity contribution >= 4 is 27.5 Å². The Balaban J connectivity index is 1.69. The molecule has 0 bridgehead atoms. The lowest BCUT2D eigenvalue weighted by molar-refractivity contribution is -0.139. The van der Waals surface area contributed by atoms with Gasteiger partial charge in [0, 0.05) is 38.2 Å². The van der Waals surface area contributed by atoms with E-state index in [1.54, 1.807) is 11.0 Å². The Bertz CT molecular complexity index is 726. The largest absolute Gasteiger partial charge is 0.497 e. The normalized spacial score (nSPS) is 19.8. The van der Waals surface area contributed by atoms with Crippen LogP contribution in [-0.4, -0.2) is 56.8 Å². The van der Waals surface area contributed by atoms with Crippen LogP contribution in [0.4, 0.5) is 0 Å². The molecule has 1 saturated heterocycles. The number of benzene rings is 1. The third-order valence-corrected chi connectivity index (χ3v) is 7.14. The van der Waals surface area contributed by atoms with E-state index < -0.39 is 10.0 Å². The second kappa shape index (κ2) is 6.90. The zero-order valence-electron chi connectivity index (χ0n) is 13.6. The number of amides is 1. The molecule has 2 aliphatic rings. The van der Waals surface area contributed by atoms with Crippen molar-refractivity contribution in [3.8, 4) is 5.75 Å². The van der Waals surface area contributed by atoms with Gasteiger partial charge in [-0.1, -0.05) is 18.0 Å². The highest BCUT2D eigenvalue weighted by atomic mass is 35.5. The van der Waals surface area contributed by atoms with Gasteiger partial charge in [-0.3, -0.25) is 4.79 Å². The molecule has 6 nitrogen and oxygen atoms in total. The lowest BCUT2D eigenvalue weighted by atomic mass is 9.84. The minimum absolute atomic E-state index is 0.0729. The van der Waals surface area contributed by atoms with E-state index in [-0.39, 0.29) is 21.7 Å². The van der Waals surface area contributed by atoms with Gasteiger partial charge in [-0.05, 0) is 25.0 Å². The lowest BCUT2D eigenvalue weighted by Gasteiger charge is -2.37. The summed E-state index contributed by atoms with van der Waals surface area (Å²) in [4.78, 5) is 14.1. The van der Waals surface area contributed by atoms with Crippen LogP contribution in [0.2, 0.25) is 5.02 Å². The van der Waals surface area contributed by atoms with Crippen molar-refractivity contribution in [1.82, 2.24) is 9.21 Å². The van der Waals surface area contributed by atoms with Gasteiger partial charge in [-0.25, -0.2) is 8.42 Å². The topological polar surface area (TPSA) is 66.9 Å². The third kappa shape index (κ3) is 3.25. The van der Waals surface area contributed by atoms with Gasteiger partial charge in [0.1, 0.15) is 10.6 Å². The van der Waals surface area contributed by atoms with Crippen LogP contribution in [0, 0.1) is 5.92 Å². The number of methoxy groups -OCH3 is 1. The molecule has 2 fully saturated rings. The molecule has 3 rings (SSSR count). The summed E-state index contributed by atoms with van der Waals surface area (Å²) >= 11 is 6.11. The SMILES string of the molecule is COc1ccc(S(=O)(=O)N2CCN(C(=O)C3CCC3)CC2)c(Cl)c1. The fraction of sp³-hybridized carbons (Fsp3) is 0.562. The Kier molecular flexibility index (Phi) is 5.03. The predicted octanol–water partition coefficient (Wildman–Crippen LogP) is 1.98. The maximum absolute atomic E-state index is 12.8. The first-order valence-electron chi connectivity index (χ1n) is 8.06. The van der Waals surface area contributed by atoms with E-state index >= 15 is 0 Å². The second-order valence-electron chi connectivity index (χ2n) is 6.15. The molecule has 1 aliphatic heterocycles. The lowest BCUT2D eigenvalue weighted by Crippen LogP contribution is -2.52. The number of halogens is 1. The predicted molar refractivity (Wildman–Crippen MR) is 90.7 cm³/mol. The average molecular weight is 373 g/mol. The first-order chi connectivity index (χ1) is 11.4. The Labute approximate surface area is 147 Å². The van der Waals surface area contributed by atoms with Gasteiger partial charge in [0.05, 0.1) is 12.1 Å². The van der Waals surface area contributed by atoms with Crippen molar-refractivity contribution in [2.75, 3.05) is 33.3 Å². The van der Waals surface area contributed by atoms with Crippen LogP contribution in [0.25, 0.3) is 0 Å². The van der Waals surface area contributed by atoms with Crippen LogP contribution in [0.5, 0.6) is 5.75 Å². The molecule has 0 N–H and O–H groups in total. The summed E-state index contributed by atoms with van der Waals surface area (Å²) in [7, 11) is -2.17. The summed E-state index contributed by atoms with van der Waals surface area (Å²) in [5.41, 5.74) is 0. The van der Waals surface area contributed by atoms with Crippen molar-refractivity contribution < 1.29 is 17.9 Å². The van der Waals surface area contributed by atoms with Crippen molar-refractivity contribution in [2.24, 2.45) is 5.92 Å². The van der Waals surface area contributed by atoms with Crippen LogP contribution in [0.1, 0.15) is 19.3 Å². The molecule has 1 aromatic carbocycles. The number of rotatable bonds is 4. The van der Waals surface area contributed by atoms with Gasteiger partial charge in [-0.2, -0.15) is 4.31 Å². The highest BCUT2D eigenvalue weighted by Gasteiger charge is 2.35. The Hall–Kier alpha value is -1.31. The minimum Gasteiger partial charge on any atom is -0.497 e. The van der Waals surface area contributed by atoms with Crippen molar-refractivity contribution in [3.05, 3.63) is 23.2 Å². The molecule has 0 unspecified atom stereocenters. The molecule has 0 spiro atoms. The number of hydrogen-bond acceptors (Lipinski definition) is 4. The van der Waals surface area contributed by atoms with Gasteiger partial charge in [0.25, 0.3) is 0 Å². The first-order valence-corrected chi connectivity index (χ1v) is 9.88. The van der Waals surface area contributed by atoms with E-state index in [1.807, 2.05) is 0 Å². The number of carbonyl (C=O) groups is 1. The van der Waals surface area contributed by atoms with Gasteiger partial charge >= 0.3 is 0 Å². The Morgan fingerprint density at radius 1 is 1.21 bits per heavy atom. The fourth-order valence-corrected chi connectivity index (χ4v) is 4.95. The highest BCUT2D eigenvalue weighted by molar-refractivity contribution is 7.89. The summed E-state index contributed by atoms with van der Waals surface area (Å²) < 4.78 is 32.0. The molecule has 1 heterocycles. The number of piperazine rings is 1. The van der Waals surface area contributed by atoms with Gasteiger partial charge in [0.15, 0.2) is 0 Å². The molecule has 1 aromatic rings. The quantitative estimate of drug-likeness (QED) is 0.810. The highest BCUT2D eigenvalue weighted by Crippen LogP contribution is 2.31. The number of ether oxygens (including phenoxy) is 1. The zero-order valence-corrected chi connectivity index (χ0v) is 15.1. The Morgan fingerprint density at radius 3 is 2.38 bits per heavy atom. The molecule has 0 radical (unpaired) electrons. The summed E-state index contributed by atoms with van der Waals surface area (Å²) in [5.74, 6) is 0.819. The van der Waals surface area contributed by atoms with Crippen LogP contribution in [0.15, 0.2) is 23.1 Å². The molecule has 8 heteroatoms. The molecule has 1 amide bonds. The summed E-state index contributed by atoms with van der Waals surface area (Å²) in [6.07, 6.45) is 3.03.